The minimum Gasteiger partial charge on any atom is -0.384 e. The van der Waals surface area contributed by atoms with Crippen molar-refractivity contribution in [3.8, 4) is 11.8 Å². The lowest BCUT2D eigenvalue weighted by Gasteiger charge is -2.39. The molecule has 4 nitrogen and oxygen atoms in total. The third-order valence-electron chi connectivity index (χ3n) is 3.73. The zero-order chi connectivity index (χ0) is 15.3. The monoisotopic (exact) mass is 291 g/mol. The third kappa shape index (κ3) is 3.81. The maximum absolute atomic E-state index is 13.5. The van der Waals surface area contributed by atoms with Crippen molar-refractivity contribution in [3.63, 3.8) is 0 Å². The lowest BCUT2D eigenvalue weighted by atomic mass is 9.77. The van der Waals surface area contributed by atoms with Gasteiger partial charge in [-0.05, 0) is 37.5 Å². The average molecular weight is 291 g/mol. The first-order valence-electron chi connectivity index (χ1n) is 6.83. The Bertz CT molecular complexity index is 579. The summed E-state index contributed by atoms with van der Waals surface area (Å²) in [6.07, 6.45) is 3.12. The van der Waals surface area contributed by atoms with E-state index in [4.69, 9.17) is 9.84 Å². The van der Waals surface area contributed by atoms with E-state index < -0.39 is 5.82 Å². The van der Waals surface area contributed by atoms with E-state index in [1.165, 1.54) is 18.2 Å². The van der Waals surface area contributed by atoms with Crippen LogP contribution in [0.1, 0.15) is 31.2 Å². The second kappa shape index (κ2) is 6.70. The molecule has 0 aliphatic heterocycles. The van der Waals surface area contributed by atoms with Crippen molar-refractivity contribution in [1.82, 2.24) is 0 Å². The topological polar surface area (TPSA) is 58.6 Å². The van der Waals surface area contributed by atoms with E-state index in [-0.39, 0.29) is 23.7 Å². The van der Waals surface area contributed by atoms with Crippen LogP contribution in [-0.2, 0) is 9.53 Å². The highest BCUT2D eigenvalue weighted by atomic mass is 19.1. The maximum Gasteiger partial charge on any atom is 0.227 e. The molecule has 1 saturated carbocycles. The third-order valence-corrected chi connectivity index (χ3v) is 3.73. The van der Waals surface area contributed by atoms with Crippen LogP contribution in [0.5, 0.6) is 0 Å². The van der Waals surface area contributed by atoms with Crippen molar-refractivity contribution < 1.29 is 19.0 Å². The quantitative estimate of drug-likeness (QED) is 0.835. The Balaban J connectivity index is 2.04. The molecule has 5 heteroatoms. The Kier molecular flexibility index (Phi) is 4.94. The first kappa shape index (κ1) is 15.5. The van der Waals surface area contributed by atoms with Gasteiger partial charge in [-0.2, -0.15) is 0 Å². The normalized spacial score (nSPS) is 15.6. The molecule has 1 aliphatic rings. The molecule has 0 spiro atoms. The first-order chi connectivity index (χ1) is 10.1. The number of aliphatic hydroxyl groups is 1. The number of rotatable bonds is 4. The predicted octanol–water partition coefficient (Wildman–Crippen LogP) is 2.07. The highest BCUT2D eigenvalue weighted by Gasteiger charge is 2.38. The van der Waals surface area contributed by atoms with Crippen molar-refractivity contribution in [2.24, 2.45) is 0 Å². The number of halogens is 1. The molecule has 0 unspecified atom stereocenters. The van der Waals surface area contributed by atoms with Gasteiger partial charge in [-0.25, -0.2) is 4.39 Å². The number of hydrogen-bond acceptors (Lipinski definition) is 3. The molecule has 1 aliphatic carbocycles. The number of hydrogen-bond donors (Lipinski definition) is 2. The molecule has 21 heavy (non-hydrogen) atoms. The van der Waals surface area contributed by atoms with E-state index in [0.29, 0.717) is 12.1 Å². The molecule has 2 rings (SSSR count). The van der Waals surface area contributed by atoms with Gasteiger partial charge in [0.15, 0.2) is 0 Å². The Morgan fingerprint density at radius 2 is 2.29 bits per heavy atom. The summed E-state index contributed by atoms with van der Waals surface area (Å²) >= 11 is 0. The molecule has 0 radical (unpaired) electrons. The molecule has 0 heterocycles. The van der Waals surface area contributed by atoms with Crippen molar-refractivity contribution in [2.75, 3.05) is 19.0 Å². The fraction of sp³-hybridized carbons (Fsp3) is 0.438. The van der Waals surface area contributed by atoms with Crippen molar-refractivity contribution in [3.05, 3.63) is 29.6 Å². The molecular weight excluding hydrogens is 273 g/mol. The lowest BCUT2D eigenvalue weighted by molar-refractivity contribution is -0.129. The zero-order valence-electron chi connectivity index (χ0n) is 11.9. The first-order valence-corrected chi connectivity index (χ1v) is 6.83. The number of carbonyl (C=O) groups excluding carboxylic acids is 1. The zero-order valence-corrected chi connectivity index (χ0v) is 11.9. The van der Waals surface area contributed by atoms with Gasteiger partial charge in [-0.15, -0.1) is 0 Å². The Hall–Kier alpha value is -1.90. The molecule has 0 atom stereocenters. The van der Waals surface area contributed by atoms with Gasteiger partial charge in [0.2, 0.25) is 5.91 Å². The fourth-order valence-corrected chi connectivity index (χ4v) is 2.36. The Morgan fingerprint density at radius 3 is 2.86 bits per heavy atom. The summed E-state index contributed by atoms with van der Waals surface area (Å²) in [6, 6.07) is 4.18. The highest BCUT2D eigenvalue weighted by Crippen LogP contribution is 2.38. The fourth-order valence-electron chi connectivity index (χ4n) is 2.36. The van der Waals surface area contributed by atoms with Crippen molar-refractivity contribution >= 4 is 11.6 Å². The van der Waals surface area contributed by atoms with Crippen LogP contribution in [0.15, 0.2) is 18.2 Å². The van der Waals surface area contributed by atoms with Gasteiger partial charge in [-0.1, -0.05) is 11.8 Å². The summed E-state index contributed by atoms with van der Waals surface area (Å²) in [5, 5.41) is 11.4. The summed E-state index contributed by atoms with van der Waals surface area (Å²) in [5.74, 6) is 4.24. The maximum atomic E-state index is 13.5. The molecule has 1 amide bonds. The number of ether oxygens (including phenoxy) is 1. The number of amides is 1. The van der Waals surface area contributed by atoms with Crippen LogP contribution >= 0.6 is 0 Å². The number of anilines is 1. The van der Waals surface area contributed by atoms with Crippen LogP contribution < -0.4 is 5.32 Å². The lowest BCUT2D eigenvalue weighted by Crippen LogP contribution is -2.42. The molecule has 0 bridgehead atoms. The summed E-state index contributed by atoms with van der Waals surface area (Å²) in [5.41, 5.74) is 0.282. The molecule has 1 aromatic rings. The smallest absolute Gasteiger partial charge is 0.227 e. The van der Waals surface area contributed by atoms with Crippen molar-refractivity contribution in [1.29, 1.82) is 0 Å². The standard InChI is InChI=1S/C16H18FNO3/c1-21-16(7-3-8-16)11-15(20)18-13-5-6-14(17)12(10-13)4-2-9-19/h5-6,10,19H,3,7-9,11H2,1H3,(H,18,20). The predicted molar refractivity (Wildman–Crippen MR) is 77.2 cm³/mol. The van der Waals surface area contributed by atoms with E-state index in [9.17, 15) is 9.18 Å². The van der Waals surface area contributed by atoms with Gasteiger partial charge < -0.3 is 15.2 Å². The molecular formula is C16H18FNO3. The van der Waals surface area contributed by atoms with Crippen LogP contribution in [-0.4, -0.2) is 30.3 Å². The molecule has 1 fully saturated rings. The van der Waals surface area contributed by atoms with Gasteiger partial charge in [0.1, 0.15) is 12.4 Å². The second-order valence-electron chi connectivity index (χ2n) is 5.12. The second-order valence-corrected chi connectivity index (χ2v) is 5.12. The molecule has 2 N–H and O–H groups in total. The van der Waals surface area contributed by atoms with Gasteiger partial charge in [0, 0.05) is 12.8 Å². The molecule has 1 aromatic carbocycles. The minimum absolute atomic E-state index is 0.145. The Morgan fingerprint density at radius 1 is 1.52 bits per heavy atom. The Labute approximate surface area is 123 Å². The van der Waals surface area contributed by atoms with E-state index >= 15 is 0 Å². The van der Waals surface area contributed by atoms with E-state index in [2.05, 4.69) is 17.2 Å². The minimum atomic E-state index is -0.485. The summed E-state index contributed by atoms with van der Waals surface area (Å²) in [4.78, 5) is 12.0. The summed E-state index contributed by atoms with van der Waals surface area (Å²) < 4.78 is 18.9. The molecule has 0 saturated heterocycles. The van der Waals surface area contributed by atoms with Gasteiger partial charge in [0.05, 0.1) is 17.6 Å². The van der Waals surface area contributed by atoms with Gasteiger partial charge in [0.25, 0.3) is 0 Å². The summed E-state index contributed by atoms with van der Waals surface area (Å²) in [7, 11) is 1.62. The van der Waals surface area contributed by atoms with Gasteiger partial charge in [-0.3, -0.25) is 4.79 Å². The summed E-state index contributed by atoms with van der Waals surface area (Å²) in [6.45, 7) is -0.341. The molecule has 0 aromatic heterocycles. The van der Waals surface area contributed by atoms with E-state index in [1.54, 1.807) is 7.11 Å². The van der Waals surface area contributed by atoms with Crippen LogP contribution in [0.2, 0.25) is 0 Å². The average Bonchev–Trinajstić information content (AvgIpc) is 2.43. The van der Waals surface area contributed by atoms with Gasteiger partial charge >= 0.3 is 0 Å². The van der Waals surface area contributed by atoms with Crippen LogP contribution in [0.25, 0.3) is 0 Å². The highest BCUT2D eigenvalue weighted by molar-refractivity contribution is 5.91. The molecule has 112 valence electrons. The van der Waals surface area contributed by atoms with Crippen LogP contribution in [0, 0.1) is 17.7 Å². The number of methoxy groups -OCH3 is 1. The largest absolute Gasteiger partial charge is 0.384 e. The number of nitrogens with one attached hydrogen (secondary N) is 1. The van der Waals surface area contributed by atoms with Crippen molar-refractivity contribution in [2.45, 2.75) is 31.3 Å². The number of carbonyl (C=O) groups is 1. The van der Waals surface area contributed by atoms with Crippen LogP contribution in [0.4, 0.5) is 10.1 Å². The SMILES string of the molecule is COC1(CC(=O)Nc2ccc(F)c(C#CCO)c2)CCC1. The van der Waals surface area contributed by atoms with E-state index in [0.717, 1.165) is 19.3 Å². The van der Waals surface area contributed by atoms with E-state index in [1.807, 2.05) is 0 Å². The number of benzene rings is 1. The van der Waals surface area contributed by atoms with Crippen LogP contribution in [0.3, 0.4) is 0 Å². The number of aliphatic hydroxyl groups excluding tert-OH is 1.